The first-order valence-corrected chi connectivity index (χ1v) is 6.79. The van der Waals surface area contributed by atoms with E-state index in [1.165, 1.54) is 12.8 Å². The Bertz CT molecular complexity index is 440. The van der Waals surface area contributed by atoms with Crippen LogP contribution in [0, 0.1) is 16.0 Å². The number of rotatable bonds is 5. The molecule has 1 unspecified atom stereocenters. The van der Waals surface area contributed by atoms with E-state index in [1.807, 2.05) is 6.92 Å². The first-order chi connectivity index (χ1) is 8.04. The summed E-state index contributed by atoms with van der Waals surface area (Å²) >= 11 is 3.63. The van der Waals surface area contributed by atoms with Gasteiger partial charge in [-0.05, 0) is 25.2 Å². The number of hydrogen-bond donors (Lipinski definition) is 0. The average molecular weight is 302 g/mol. The molecule has 0 aromatic carbocycles. The highest BCUT2D eigenvalue weighted by atomic mass is 79.9. The lowest BCUT2D eigenvalue weighted by Crippen LogP contribution is -2.10. The molecule has 5 nitrogen and oxygen atoms in total. The zero-order valence-corrected chi connectivity index (χ0v) is 11.6. The van der Waals surface area contributed by atoms with Crippen LogP contribution in [0.15, 0.2) is 0 Å². The number of nitro groups is 1. The van der Waals surface area contributed by atoms with Crippen molar-refractivity contribution >= 4 is 21.6 Å². The van der Waals surface area contributed by atoms with Crippen molar-refractivity contribution in [2.75, 3.05) is 0 Å². The van der Waals surface area contributed by atoms with Crippen LogP contribution in [0.25, 0.3) is 0 Å². The lowest BCUT2D eigenvalue weighted by atomic mass is 10.1. The fourth-order valence-electron chi connectivity index (χ4n) is 2.10. The van der Waals surface area contributed by atoms with Crippen molar-refractivity contribution < 1.29 is 4.92 Å². The normalized spacial score (nSPS) is 17.1. The van der Waals surface area contributed by atoms with Gasteiger partial charge in [0.05, 0.1) is 4.92 Å². The Hall–Kier alpha value is -0.910. The van der Waals surface area contributed by atoms with E-state index in [2.05, 4.69) is 21.0 Å². The molecular formula is C11H16BrN3O2. The molecule has 2 rings (SSSR count). The number of halogens is 1. The third-order valence-corrected chi connectivity index (χ3v) is 4.32. The summed E-state index contributed by atoms with van der Waals surface area (Å²) in [7, 11) is 1.79. The number of aryl methyl sites for hydroxylation is 2. The van der Waals surface area contributed by atoms with E-state index in [1.54, 1.807) is 11.7 Å². The number of aromatic nitrogens is 2. The number of alkyl halides is 1. The summed E-state index contributed by atoms with van der Waals surface area (Å²) in [5.41, 5.74) is 1.53. The van der Waals surface area contributed by atoms with Crippen molar-refractivity contribution in [1.82, 2.24) is 9.78 Å². The van der Waals surface area contributed by atoms with Crippen LogP contribution in [0.5, 0.6) is 0 Å². The van der Waals surface area contributed by atoms with E-state index in [9.17, 15) is 10.1 Å². The maximum Gasteiger partial charge on any atom is 0.313 e. The van der Waals surface area contributed by atoms with Gasteiger partial charge >= 0.3 is 5.69 Å². The SMILES string of the molecule is CCc1nn(C)c(CC(Br)C2CC2)c1[N+](=O)[O-]. The molecule has 6 heteroatoms. The first-order valence-electron chi connectivity index (χ1n) is 5.87. The molecule has 1 atom stereocenters. The second-order valence-corrected chi connectivity index (χ2v) is 5.71. The Morgan fingerprint density at radius 1 is 1.65 bits per heavy atom. The van der Waals surface area contributed by atoms with Gasteiger partial charge in [-0.25, -0.2) is 0 Å². The van der Waals surface area contributed by atoms with E-state index in [0.29, 0.717) is 29.3 Å². The fraction of sp³-hybridized carbons (Fsp3) is 0.727. The van der Waals surface area contributed by atoms with Crippen LogP contribution in [0.1, 0.15) is 31.2 Å². The summed E-state index contributed by atoms with van der Waals surface area (Å²) in [6.45, 7) is 1.89. The number of hydrogen-bond acceptors (Lipinski definition) is 3. The van der Waals surface area contributed by atoms with Crippen LogP contribution in [-0.4, -0.2) is 19.5 Å². The summed E-state index contributed by atoms with van der Waals surface area (Å²) in [4.78, 5) is 11.2. The molecule has 0 radical (unpaired) electrons. The van der Waals surface area contributed by atoms with Gasteiger partial charge in [0.1, 0.15) is 11.4 Å². The number of nitrogens with zero attached hydrogens (tertiary/aromatic N) is 3. The fourth-order valence-corrected chi connectivity index (χ4v) is 2.93. The molecule has 0 N–H and O–H groups in total. The smallest absolute Gasteiger partial charge is 0.265 e. The zero-order valence-electron chi connectivity index (χ0n) is 10.0. The maximum atomic E-state index is 11.1. The summed E-state index contributed by atoms with van der Waals surface area (Å²) in [6, 6.07) is 0. The van der Waals surface area contributed by atoms with Crippen LogP contribution in [-0.2, 0) is 19.9 Å². The van der Waals surface area contributed by atoms with Gasteiger partial charge in [-0.2, -0.15) is 5.10 Å². The molecule has 1 saturated carbocycles. The summed E-state index contributed by atoms with van der Waals surface area (Å²) in [5.74, 6) is 0.676. The van der Waals surface area contributed by atoms with Gasteiger partial charge in [0.15, 0.2) is 0 Å². The zero-order chi connectivity index (χ0) is 12.6. The summed E-state index contributed by atoms with van der Waals surface area (Å²) in [6.07, 6.45) is 3.73. The third kappa shape index (κ3) is 2.51. The summed E-state index contributed by atoms with van der Waals surface area (Å²) in [5, 5.41) is 15.4. The minimum absolute atomic E-state index is 0.208. The molecule has 0 bridgehead atoms. The molecule has 0 amide bonds. The van der Waals surface area contributed by atoms with E-state index in [4.69, 9.17) is 0 Å². The lowest BCUT2D eigenvalue weighted by molar-refractivity contribution is -0.386. The molecule has 0 spiro atoms. The van der Waals surface area contributed by atoms with Gasteiger partial charge in [0.2, 0.25) is 0 Å². The van der Waals surface area contributed by atoms with Crippen LogP contribution in [0.4, 0.5) is 5.69 Å². The second kappa shape index (κ2) is 4.76. The highest BCUT2D eigenvalue weighted by Gasteiger charge is 2.33. The molecule has 1 aliphatic rings. The van der Waals surface area contributed by atoms with E-state index >= 15 is 0 Å². The molecule has 0 aliphatic heterocycles. The molecule has 1 aliphatic carbocycles. The van der Waals surface area contributed by atoms with Crippen molar-refractivity contribution in [2.24, 2.45) is 13.0 Å². The van der Waals surface area contributed by atoms with Crippen molar-refractivity contribution in [3.8, 4) is 0 Å². The van der Waals surface area contributed by atoms with Crippen molar-refractivity contribution in [2.45, 2.75) is 37.4 Å². The van der Waals surface area contributed by atoms with Crippen LogP contribution >= 0.6 is 15.9 Å². The largest absolute Gasteiger partial charge is 0.313 e. The predicted molar refractivity (Wildman–Crippen MR) is 68.4 cm³/mol. The van der Waals surface area contributed by atoms with Gasteiger partial charge in [-0.3, -0.25) is 14.8 Å². The maximum absolute atomic E-state index is 11.1. The van der Waals surface area contributed by atoms with E-state index < -0.39 is 0 Å². The average Bonchev–Trinajstić information content (AvgIpc) is 3.05. The second-order valence-electron chi connectivity index (χ2n) is 4.53. The Kier molecular flexibility index (Phi) is 3.51. The highest BCUT2D eigenvalue weighted by Crippen LogP contribution is 2.39. The van der Waals surface area contributed by atoms with Crippen LogP contribution in [0.3, 0.4) is 0 Å². The lowest BCUT2D eigenvalue weighted by Gasteiger charge is -2.07. The minimum Gasteiger partial charge on any atom is -0.265 e. The predicted octanol–water partition coefficient (Wildman–Crippen LogP) is 2.61. The Labute approximate surface area is 108 Å². The highest BCUT2D eigenvalue weighted by molar-refractivity contribution is 9.09. The van der Waals surface area contributed by atoms with Crippen LogP contribution in [0.2, 0.25) is 0 Å². The van der Waals surface area contributed by atoms with Crippen molar-refractivity contribution in [3.05, 3.63) is 21.5 Å². The van der Waals surface area contributed by atoms with Gasteiger partial charge < -0.3 is 0 Å². The van der Waals surface area contributed by atoms with Gasteiger partial charge in [0.25, 0.3) is 0 Å². The van der Waals surface area contributed by atoms with Gasteiger partial charge in [0, 0.05) is 18.3 Å². The monoisotopic (exact) mass is 301 g/mol. The summed E-state index contributed by atoms with van der Waals surface area (Å²) < 4.78 is 1.66. The quantitative estimate of drug-likeness (QED) is 0.477. The van der Waals surface area contributed by atoms with Crippen LogP contribution < -0.4 is 0 Å². The van der Waals surface area contributed by atoms with E-state index in [0.717, 1.165) is 5.69 Å². The van der Waals surface area contributed by atoms with Crippen molar-refractivity contribution in [1.29, 1.82) is 0 Å². The van der Waals surface area contributed by atoms with Gasteiger partial charge in [-0.15, -0.1) is 0 Å². The Balaban J connectivity index is 2.30. The molecule has 1 aromatic heterocycles. The van der Waals surface area contributed by atoms with Crippen molar-refractivity contribution in [3.63, 3.8) is 0 Å². The third-order valence-electron chi connectivity index (χ3n) is 3.25. The molecule has 94 valence electrons. The topological polar surface area (TPSA) is 61.0 Å². The molecule has 1 aromatic rings. The molecule has 17 heavy (non-hydrogen) atoms. The molecular weight excluding hydrogens is 286 g/mol. The Morgan fingerprint density at radius 2 is 2.29 bits per heavy atom. The standard InChI is InChI=1S/C11H16BrN3O2/c1-3-9-11(15(16)17)10(14(2)13-9)6-8(12)7-4-5-7/h7-8H,3-6H2,1-2H3. The van der Waals surface area contributed by atoms with E-state index in [-0.39, 0.29) is 10.6 Å². The minimum atomic E-state index is -0.298. The first kappa shape index (κ1) is 12.5. The molecule has 1 fully saturated rings. The Morgan fingerprint density at radius 3 is 2.76 bits per heavy atom. The van der Waals surface area contributed by atoms with Gasteiger partial charge in [-0.1, -0.05) is 22.9 Å². The molecule has 0 saturated heterocycles. The molecule has 1 heterocycles.